The van der Waals surface area contributed by atoms with Crippen LogP contribution >= 0.6 is 0 Å². The number of benzene rings is 2. The van der Waals surface area contributed by atoms with Crippen LogP contribution in [-0.2, 0) is 15.7 Å². The fourth-order valence-electron chi connectivity index (χ4n) is 3.13. The molecule has 1 atom stereocenters. The standard InChI is InChI=1S/C19H17F3N2O5/c1-28-18(25)15-10-14(6-7-16(15)24(26)27)23-8-9-29-17(11-23)12-2-4-13(5-3-12)19(20,21)22/h2-7,10,17H,8-9,11H2,1H3. The van der Waals surface area contributed by atoms with Crippen LogP contribution in [0.1, 0.15) is 27.6 Å². The van der Waals surface area contributed by atoms with Crippen LogP contribution in [-0.4, -0.2) is 37.7 Å². The Labute approximate surface area is 163 Å². The molecule has 0 N–H and O–H groups in total. The number of hydrogen-bond donors (Lipinski definition) is 0. The first-order valence-corrected chi connectivity index (χ1v) is 8.61. The Kier molecular flexibility index (Phi) is 5.73. The second kappa shape index (κ2) is 8.08. The van der Waals surface area contributed by atoms with E-state index in [-0.39, 0.29) is 11.3 Å². The van der Waals surface area contributed by atoms with Gasteiger partial charge in [-0.1, -0.05) is 12.1 Å². The SMILES string of the molecule is COC(=O)c1cc(N2CCOC(c3ccc(C(F)(F)F)cc3)C2)ccc1[N+](=O)[O-]. The molecule has 1 heterocycles. The summed E-state index contributed by atoms with van der Waals surface area (Å²) in [4.78, 5) is 24.2. The molecule has 0 spiro atoms. The van der Waals surface area contributed by atoms with E-state index in [0.717, 1.165) is 19.2 Å². The molecule has 0 amide bonds. The quantitative estimate of drug-likeness (QED) is 0.431. The Hall–Kier alpha value is -3.14. The van der Waals surface area contributed by atoms with Gasteiger partial charge in [-0.15, -0.1) is 0 Å². The zero-order valence-corrected chi connectivity index (χ0v) is 15.3. The van der Waals surface area contributed by atoms with Crippen molar-refractivity contribution in [2.24, 2.45) is 0 Å². The Morgan fingerprint density at radius 1 is 1.24 bits per heavy atom. The number of morpholine rings is 1. The van der Waals surface area contributed by atoms with Crippen LogP contribution in [0.4, 0.5) is 24.5 Å². The number of esters is 1. The summed E-state index contributed by atoms with van der Waals surface area (Å²) in [6, 6.07) is 8.85. The molecule has 29 heavy (non-hydrogen) atoms. The van der Waals surface area contributed by atoms with Crippen molar-refractivity contribution in [3.05, 3.63) is 69.3 Å². The van der Waals surface area contributed by atoms with E-state index < -0.39 is 28.7 Å². The van der Waals surface area contributed by atoms with E-state index in [1.165, 1.54) is 30.3 Å². The number of nitro groups is 1. The summed E-state index contributed by atoms with van der Waals surface area (Å²) in [6.45, 7) is 1.07. The largest absolute Gasteiger partial charge is 0.465 e. The van der Waals surface area contributed by atoms with Crippen LogP contribution in [0, 0.1) is 10.1 Å². The summed E-state index contributed by atoms with van der Waals surface area (Å²) in [7, 11) is 1.13. The van der Waals surface area contributed by atoms with Crippen molar-refractivity contribution >= 4 is 17.3 Å². The van der Waals surface area contributed by atoms with Crippen molar-refractivity contribution in [2.45, 2.75) is 12.3 Å². The minimum Gasteiger partial charge on any atom is -0.465 e. The van der Waals surface area contributed by atoms with E-state index in [1.54, 1.807) is 0 Å². The molecule has 1 fully saturated rings. The number of carbonyl (C=O) groups is 1. The summed E-state index contributed by atoms with van der Waals surface area (Å²) < 4.78 is 48.5. The molecule has 1 saturated heterocycles. The number of nitro benzene ring substituents is 1. The van der Waals surface area contributed by atoms with E-state index in [1.807, 2.05) is 4.90 Å². The van der Waals surface area contributed by atoms with E-state index >= 15 is 0 Å². The number of methoxy groups -OCH3 is 1. The number of ether oxygens (including phenoxy) is 2. The number of anilines is 1. The fourth-order valence-corrected chi connectivity index (χ4v) is 3.13. The van der Waals surface area contributed by atoms with Crippen LogP contribution in [0.25, 0.3) is 0 Å². The predicted octanol–water partition coefficient (Wildman–Crippen LogP) is 3.98. The molecular weight excluding hydrogens is 393 g/mol. The van der Waals surface area contributed by atoms with Gasteiger partial charge in [0, 0.05) is 24.8 Å². The molecule has 3 rings (SSSR count). The highest BCUT2D eigenvalue weighted by atomic mass is 19.4. The fraction of sp³-hybridized carbons (Fsp3) is 0.316. The number of halogens is 3. The van der Waals surface area contributed by atoms with Crippen molar-refractivity contribution < 1.29 is 32.4 Å². The lowest BCUT2D eigenvalue weighted by atomic mass is 10.0. The van der Waals surface area contributed by atoms with Crippen LogP contribution in [0.15, 0.2) is 42.5 Å². The summed E-state index contributed by atoms with van der Waals surface area (Å²) >= 11 is 0. The molecule has 2 aromatic carbocycles. The van der Waals surface area contributed by atoms with Crippen LogP contribution in [0.5, 0.6) is 0 Å². The van der Waals surface area contributed by atoms with E-state index in [0.29, 0.717) is 30.9 Å². The second-order valence-electron chi connectivity index (χ2n) is 6.38. The average molecular weight is 410 g/mol. The van der Waals surface area contributed by atoms with Crippen LogP contribution < -0.4 is 4.90 Å². The minimum atomic E-state index is -4.42. The number of alkyl halides is 3. The van der Waals surface area contributed by atoms with Crippen molar-refractivity contribution in [2.75, 3.05) is 31.7 Å². The topological polar surface area (TPSA) is 81.9 Å². The van der Waals surface area contributed by atoms with Gasteiger partial charge < -0.3 is 14.4 Å². The predicted molar refractivity (Wildman–Crippen MR) is 96.8 cm³/mol. The molecule has 0 saturated carbocycles. The highest BCUT2D eigenvalue weighted by molar-refractivity contribution is 5.95. The van der Waals surface area contributed by atoms with Gasteiger partial charge in [0.2, 0.25) is 0 Å². The highest BCUT2D eigenvalue weighted by Crippen LogP contribution is 2.33. The first-order chi connectivity index (χ1) is 13.7. The Bertz CT molecular complexity index is 915. The number of rotatable bonds is 4. The van der Waals surface area contributed by atoms with E-state index in [9.17, 15) is 28.1 Å². The number of carbonyl (C=O) groups excluding carboxylic acids is 1. The molecule has 0 radical (unpaired) electrons. The number of hydrogen-bond acceptors (Lipinski definition) is 6. The molecule has 0 aliphatic carbocycles. The lowest BCUT2D eigenvalue weighted by molar-refractivity contribution is -0.385. The smallest absolute Gasteiger partial charge is 0.416 e. The summed E-state index contributed by atoms with van der Waals surface area (Å²) in [6.07, 6.45) is -4.90. The average Bonchev–Trinajstić information content (AvgIpc) is 2.72. The molecule has 154 valence electrons. The van der Waals surface area contributed by atoms with Gasteiger partial charge >= 0.3 is 12.1 Å². The van der Waals surface area contributed by atoms with E-state index in [2.05, 4.69) is 4.74 Å². The van der Waals surface area contributed by atoms with Crippen LogP contribution in [0.2, 0.25) is 0 Å². The van der Waals surface area contributed by atoms with Gasteiger partial charge in [0.25, 0.3) is 5.69 Å². The van der Waals surface area contributed by atoms with Gasteiger partial charge in [0.15, 0.2) is 0 Å². The monoisotopic (exact) mass is 410 g/mol. The molecular formula is C19H17F3N2O5. The van der Waals surface area contributed by atoms with Crippen LogP contribution in [0.3, 0.4) is 0 Å². The van der Waals surface area contributed by atoms with Gasteiger partial charge in [-0.05, 0) is 29.8 Å². The summed E-state index contributed by atoms with van der Waals surface area (Å²) in [5.41, 5.74) is -0.151. The zero-order valence-electron chi connectivity index (χ0n) is 15.3. The molecule has 0 bridgehead atoms. The first kappa shape index (κ1) is 20.6. The van der Waals surface area contributed by atoms with Crippen molar-refractivity contribution in [1.29, 1.82) is 0 Å². The van der Waals surface area contributed by atoms with E-state index in [4.69, 9.17) is 4.74 Å². The van der Waals surface area contributed by atoms with Gasteiger partial charge in [-0.25, -0.2) is 4.79 Å². The lowest BCUT2D eigenvalue weighted by Crippen LogP contribution is -2.38. The Morgan fingerprint density at radius 2 is 1.93 bits per heavy atom. The van der Waals surface area contributed by atoms with Gasteiger partial charge in [0.1, 0.15) is 11.7 Å². The molecule has 10 heteroatoms. The number of nitrogens with zero attached hydrogens (tertiary/aromatic N) is 2. The lowest BCUT2D eigenvalue weighted by Gasteiger charge is -2.35. The second-order valence-corrected chi connectivity index (χ2v) is 6.38. The van der Waals surface area contributed by atoms with Gasteiger partial charge in [-0.2, -0.15) is 13.2 Å². The molecule has 2 aromatic rings. The van der Waals surface area contributed by atoms with Crippen molar-refractivity contribution in [1.82, 2.24) is 0 Å². The molecule has 7 nitrogen and oxygen atoms in total. The molecule has 1 aliphatic heterocycles. The highest BCUT2D eigenvalue weighted by Gasteiger charge is 2.31. The summed E-state index contributed by atoms with van der Waals surface area (Å²) in [5.74, 6) is -0.828. The third-order valence-electron chi connectivity index (χ3n) is 4.62. The summed E-state index contributed by atoms with van der Waals surface area (Å²) in [5, 5.41) is 11.1. The maximum Gasteiger partial charge on any atom is 0.416 e. The maximum atomic E-state index is 12.7. The Morgan fingerprint density at radius 3 is 2.52 bits per heavy atom. The molecule has 1 unspecified atom stereocenters. The molecule has 0 aromatic heterocycles. The minimum absolute atomic E-state index is 0.174. The van der Waals surface area contributed by atoms with Gasteiger partial charge in [0.05, 0.1) is 24.2 Å². The Balaban J connectivity index is 1.84. The van der Waals surface area contributed by atoms with Crippen molar-refractivity contribution in [3.8, 4) is 0 Å². The zero-order chi connectivity index (χ0) is 21.2. The van der Waals surface area contributed by atoms with Gasteiger partial charge in [-0.3, -0.25) is 10.1 Å². The maximum absolute atomic E-state index is 12.7. The van der Waals surface area contributed by atoms with Crippen molar-refractivity contribution in [3.63, 3.8) is 0 Å². The third-order valence-corrected chi connectivity index (χ3v) is 4.62. The normalized spacial score (nSPS) is 17.1. The third kappa shape index (κ3) is 4.48. The first-order valence-electron chi connectivity index (χ1n) is 8.61. The molecule has 1 aliphatic rings.